The Morgan fingerprint density at radius 1 is 2.00 bits per heavy atom. The van der Waals surface area contributed by atoms with E-state index in [2.05, 4.69) is 0 Å². The van der Waals surface area contributed by atoms with Crippen molar-refractivity contribution in [1.82, 2.24) is 4.81 Å². The van der Waals surface area contributed by atoms with Crippen LogP contribution in [0.2, 0.25) is 0 Å². The molecule has 0 bridgehead atoms. The van der Waals surface area contributed by atoms with Crippen LogP contribution in [-0.4, -0.2) is 29.8 Å². The van der Waals surface area contributed by atoms with E-state index in [9.17, 15) is 4.79 Å². The molecular formula is C4H6BNOS. The molecular weight excluding hydrogens is 121 g/mol. The van der Waals surface area contributed by atoms with Crippen LogP contribution in [0.4, 0.5) is 4.79 Å². The second kappa shape index (κ2) is 2.01. The molecule has 1 aliphatic heterocycles. The zero-order chi connectivity index (χ0) is 6.15. The number of carbonyl (C=O) groups excluding carboxylic acids is 1. The molecule has 2 nitrogen and oxygen atoms in total. The maximum Gasteiger partial charge on any atom is 0.269 e. The van der Waals surface area contributed by atoms with E-state index in [1.807, 2.05) is 6.92 Å². The molecule has 4 heteroatoms. The molecule has 42 valence electrons. The van der Waals surface area contributed by atoms with Crippen LogP contribution < -0.4 is 0 Å². The average Bonchev–Trinajstić information content (AvgIpc) is 1.98. The smallest absolute Gasteiger partial charge is 0.269 e. The summed E-state index contributed by atoms with van der Waals surface area (Å²) in [5, 5.41) is -0.0162. The topological polar surface area (TPSA) is 20.3 Å². The molecule has 1 amide bonds. The molecule has 2 radical (unpaired) electrons. The number of rotatable bonds is 0. The Bertz CT molecular complexity index is 119. The molecule has 0 N–H and O–H groups in total. The number of hydrogen-bond donors (Lipinski definition) is 0. The van der Waals surface area contributed by atoms with Crippen LogP contribution in [0.15, 0.2) is 0 Å². The van der Waals surface area contributed by atoms with Crippen LogP contribution >= 0.6 is 11.8 Å². The van der Waals surface area contributed by atoms with E-state index >= 15 is 0 Å². The van der Waals surface area contributed by atoms with Gasteiger partial charge in [-0.2, -0.15) is 0 Å². The van der Waals surface area contributed by atoms with Crippen LogP contribution in [0.25, 0.3) is 0 Å². The second-order valence-corrected chi connectivity index (χ2v) is 2.80. The largest absolute Gasteiger partial charge is 0.385 e. The van der Waals surface area contributed by atoms with Gasteiger partial charge in [0.15, 0.2) is 0 Å². The van der Waals surface area contributed by atoms with Gasteiger partial charge in [-0.25, -0.2) is 0 Å². The summed E-state index contributed by atoms with van der Waals surface area (Å²) in [6.45, 7) is 1.93. The highest BCUT2D eigenvalue weighted by molar-refractivity contribution is 8.14. The monoisotopic (exact) mass is 127 g/mol. The van der Waals surface area contributed by atoms with Crippen molar-refractivity contribution in [2.75, 3.05) is 5.75 Å². The number of amides is 1. The lowest BCUT2D eigenvalue weighted by molar-refractivity contribution is 0.244. The predicted octanol–water partition coefficient (Wildman–Crippen LogP) is 0.627. The van der Waals surface area contributed by atoms with E-state index in [1.54, 1.807) is 0 Å². The Kier molecular flexibility index (Phi) is 1.51. The molecule has 1 heterocycles. The van der Waals surface area contributed by atoms with Gasteiger partial charge in [0, 0.05) is 11.8 Å². The summed E-state index contributed by atoms with van der Waals surface area (Å²) >= 11 is 1.28. The summed E-state index contributed by atoms with van der Waals surface area (Å²) in [6, 6.07) is 0.215. The fraction of sp³-hybridized carbons (Fsp3) is 0.750. The average molecular weight is 127 g/mol. The Morgan fingerprint density at radius 2 is 2.62 bits per heavy atom. The fourth-order valence-electron chi connectivity index (χ4n) is 0.527. The lowest BCUT2D eigenvalue weighted by Crippen LogP contribution is -2.27. The van der Waals surface area contributed by atoms with Crippen molar-refractivity contribution in [2.45, 2.75) is 13.0 Å². The minimum Gasteiger partial charge on any atom is -0.385 e. The molecule has 1 unspecified atom stereocenters. The lowest BCUT2D eigenvalue weighted by Gasteiger charge is -2.12. The fourth-order valence-corrected chi connectivity index (χ4v) is 1.40. The van der Waals surface area contributed by atoms with E-state index < -0.39 is 0 Å². The zero-order valence-electron chi connectivity index (χ0n) is 4.63. The predicted molar refractivity (Wildman–Crippen MR) is 34.9 cm³/mol. The molecule has 0 saturated carbocycles. The van der Waals surface area contributed by atoms with Crippen molar-refractivity contribution < 1.29 is 4.79 Å². The summed E-state index contributed by atoms with van der Waals surface area (Å²) in [4.78, 5) is 11.8. The summed E-state index contributed by atoms with van der Waals surface area (Å²) in [5.74, 6) is 0.829. The van der Waals surface area contributed by atoms with Crippen molar-refractivity contribution >= 4 is 25.0 Å². The van der Waals surface area contributed by atoms with Crippen molar-refractivity contribution in [1.29, 1.82) is 0 Å². The molecule has 1 atom stereocenters. The highest BCUT2D eigenvalue weighted by Gasteiger charge is 2.23. The minimum atomic E-state index is -0.0162. The van der Waals surface area contributed by atoms with E-state index in [0.29, 0.717) is 0 Å². The summed E-state index contributed by atoms with van der Waals surface area (Å²) in [7, 11) is 5.28. The molecule has 0 spiro atoms. The third-order valence-electron chi connectivity index (χ3n) is 1.13. The number of hydrogen-bond acceptors (Lipinski definition) is 2. The van der Waals surface area contributed by atoms with Crippen molar-refractivity contribution in [3.63, 3.8) is 0 Å². The molecule has 0 aliphatic carbocycles. The minimum absolute atomic E-state index is 0.0162. The van der Waals surface area contributed by atoms with Crippen molar-refractivity contribution in [3.8, 4) is 0 Å². The summed E-state index contributed by atoms with van der Waals surface area (Å²) < 4.78 is 0. The second-order valence-electron chi connectivity index (χ2n) is 1.83. The first-order valence-electron chi connectivity index (χ1n) is 2.42. The number of thioether (sulfide) groups is 1. The van der Waals surface area contributed by atoms with Gasteiger partial charge >= 0.3 is 0 Å². The van der Waals surface area contributed by atoms with Gasteiger partial charge in [-0.15, -0.1) is 0 Å². The molecule has 1 rings (SSSR count). The van der Waals surface area contributed by atoms with Gasteiger partial charge in [-0.1, -0.05) is 11.8 Å². The summed E-state index contributed by atoms with van der Waals surface area (Å²) in [5.41, 5.74) is 0. The van der Waals surface area contributed by atoms with E-state index in [-0.39, 0.29) is 11.3 Å². The van der Waals surface area contributed by atoms with Crippen molar-refractivity contribution in [3.05, 3.63) is 0 Å². The van der Waals surface area contributed by atoms with Crippen molar-refractivity contribution in [2.24, 2.45) is 0 Å². The lowest BCUT2D eigenvalue weighted by atomic mass is 10.2. The van der Waals surface area contributed by atoms with E-state index in [0.717, 1.165) is 5.75 Å². The van der Waals surface area contributed by atoms with Crippen LogP contribution in [0, 0.1) is 0 Å². The standard InChI is InChI=1S/C4H6BNOS/c1-3-2-8-4(7)6(3)5/h3H,2H2,1H3. The van der Waals surface area contributed by atoms with Crippen LogP contribution in [0.5, 0.6) is 0 Å². The molecule has 0 aromatic rings. The van der Waals surface area contributed by atoms with Gasteiger partial charge in [0.1, 0.15) is 0 Å². The quantitative estimate of drug-likeness (QED) is 0.444. The molecule has 1 saturated heterocycles. The Morgan fingerprint density at radius 3 is 2.75 bits per heavy atom. The van der Waals surface area contributed by atoms with Gasteiger partial charge in [-0.3, -0.25) is 4.79 Å². The van der Waals surface area contributed by atoms with Crippen LogP contribution in [0.1, 0.15) is 6.92 Å². The maximum absolute atomic E-state index is 10.5. The third kappa shape index (κ3) is 0.846. The molecule has 0 aromatic heterocycles. The van der Waals surface area contributed by atoms with Crippen LogP contribution in [0.3, 0.4) is 0 Å². The molecule has 1 fully saturated rings. The summed E-state index contributed by atoms with van der Waals surface area (Å²) in [6.07, 6.45) is 0. The normalized spacial score (nSPS) is 29.4. The van der Waals surface area contributed by atoms with E-state index in [1.165, 1.54) is 16.6 Å². The Labute approximate surface area is 54.0 Å². The highest BCUT2D eigenvalue weighted by Crippen LogP contribution is 2.20. The van der Waals surface area contributed by atoms with Crippen LogP contribution in [-0.2, 0) is 0 Å². The SMILES string of the molecule is [B]N1C(=O)SCC1C. The number of carbonyl (C=O) groups is 1. The first-order valence-corrected chi connectivity index (χ1v) is 3.41. The van der Waals surface area contributed by atoms with Gasteiger partial charge in [0.25, 0.3) is 5.24 Å². The van der Waals surface area contributed by atoms with Gasteiger partial charge in [0.2, 0.25) is 7.98 Å². The first kappa shape index (κ1) is 6.01. The third-order valence-corrected chi connectivity index (χ3v) is 2.24. The van der Waals surface area contributed by atoms with E-state index in [4.69, 9.17) is 7.98 Å². The molecule has 8 heavy (non-hydrogen) atoms. The Hall–Kier alpha value is -0.115. The molecule has 1 aliphatic rings. The Balaban J connectivity index is 2.56. The molecule has 0 aromatic carbocycles. The van der Waals surface area contributed by atoms with Gasteiger partial charge in [-0.05, 0) is 6.92 Å². The number of nitrogens with zero attached hydrogens (tertiary/aromatic N) is 1. The van der Waals surface area contributed by atoms with Gasteiger partial charge in [0.05, 0.1) is 0 Å². The highest BCUT2D eigenvalue weighted by atomic mass is 32.2. The zero-order valence-corrected chi connectivity index (χ0v) is 5.44. The maximum atomic E-state index is 10.5. The first-order chi connectivity index (χ1) is 3.72. The van der Waals surface area contributed by atoms with Gasteiger partial charge < -0.3 is 4.81 Å².